The monoisotopic (exact) mass is 287 g/mol. The number of anilines is 1. The van der Waals surface area contributed by atoms with E-state index in [2.05, 4.69) is 0 Å². The minimum absolute atomic E-state index is 0.0386. The van der Waals surface area contributed by atoms with Crippen LogP contribution in [-0.4, -0.2) is 17.4 Å². The van der Waals surface area contributed by atoms with Gasteiger partial charge in [-0.05, 0) is 63.1 Å². The van der Waals surface area contributed by atoms with Gasteiger partial charge in [0, 0.05) is 11.8 Å². The fraction of sp³-hybridized carbons (Fsp3) is 0.294. The van der Waals surface area contributed by atoms with Crippen molar-refractivity contribution in [3.63, 3.8) is 0 Å². The molecule has 4 nitrogen and oxygen atoms in total. The lowest BCUT2D eigenvalue weighted by Gasteiger charge is -2.17. The number of ether oxygens (including phenoxy) is 1. The first-order valence-electron chi connectivity index (χ1n) is 6.66. The third-order valence-electron chi connectivity index (χ3n) is 2.43. The molecule has 0 fully saturated rings. The highest BCUT2D eigenvalue weighted by molar-refractivity contribution is 5.92. The fourth-order valence-electron chi connectivity index (χ4n) is 1.56. The van der Waals surface area contributed by atoms with Crippen molar-refractivity contribution in [1.82, 2.24) is 0 Å². The molecular weight excluding hydrogens is 266 g/mol. The molecule has 0 spiro atoms. The minimum Gasteiger partial charge on any atom is -0.457 e. The molecule has 0 saturated carbocycles. The average Bonchev–Trinajstić information content (AvgIpc) is 2.33. The maximum atomic E-state index is 11.6. The Morgan fingerprint density at radius 2 is 1.81 bits per heavy atom. The molecule has 1 rings (SSSR count). The Morgan fingerprint density at radius 1 is 1.14 bits per heavy atom. The molecule has 1 aromatic carbocycles. The quantitative estimate of drug-likeness (QED) is 0.524. The summed E-state index contributed by atoms with van der Waals surface area (Å²) in [4.78, 5) is 22.5. The number of hydrogen-bond acceptors (Lipinski definition) is 4. The zero-order chi connectivity index (χ0) is 16.0. The Hall–Kier alpha value is -2.36. The number of hydrogen-bond donors (Lipinski definition) is 1. The lowest BCUT2D eigenvalue weighted by atomic mass is 10.1. The van der Waals surface area contributed by atoms with Gasteiger partial charge in [0.2, 0.25) is 0 Å². The van der Waals surface area contributed by atoms with Crippen LogP contribution in [0.5, 0.6) is 0 Å². The highest BCUT2D eigenvalue weighted by Gasteiger charge is 2.13. The third kappa shape index (κ3) is 6.56. The summed E-state index contributed by atoms with van der Waals surface area (Å²) in [7, 11) is 0. The Labute approximate surface area is 125 Å². The maximum absolute atomic E-state index is 11.6. The normalized spacial score (nSPS) is 12.0. The molecule has 0 atom stereocenters. The van der Waals surface area contributed by atoms with Crippen molar-refractivity contribution in [3.8, 4) is 0 Å². The molecule has 112 valence electrons. The van der Waals surface area contributed by atoms with Crippen LogP contribution in [0.15, 0.2) is 30.4 Å². The lowest BCUT2D eigenvalue weighted by molar-refractivity contribution is -0.148. The molecule has 0 heterocycles. The smallest absolute Gasteiger partial charge is 0.331 e. The van der Waals surface area contributed by atoms with Gasteiger partial charge in [-0.1, -0.05) is 12.1 Å². The summed E-state index contributed by atoms with van der Waals surface area (Å²) in [5.74, 6) is -0.440. The van der Waals surface area contributed by atoms with Crippen LogP contribution in [0, 0.1) is 0 Å². The molecule has 0 bridgehead atoms. The van der Waals surface area contributed by atoms with Gasteiger partial charge < -0.3 is 10.5 Å². The number of carbonyl (C=O) groups excluding carboxylic acids is 2. The van der Waals surface area contributed by atoms with Gasteiger partial charge in [0.05, 0.1) is 0 Å². The number of ketones is 1. The van der Waals surface area contributed by atoms with Crippen LogP contribution in [0.25, 0.3) is 12.2 Å². The van der Waals surface area contributed by atoms with Gasteiger partial charge in [-0.25, -0.2) is 4.79 Å². The molecule has 0 aliphatic heterocycles. The average molecular weight is 287 g/mol. The number of nitrogens with two attached hydrogens (primary N) is 1. The van der Waals surface area contributed by atoms with E-state index in [1.807, 2.05) is 26.8 Å². The van der Waals surface area contributed by atoms with Crippen LogP contribution in [0.1, 0.15) is 38.8 Å². The Morgan fingerprint density at radius 3 is 2.33 bits per heavy atom. The largest absolute Gasteiger partial charge is 0.457 e. The van der Waals surface area contributed by atoms with E-state index in [1.54, 1.807) is 24.3 Å². The van der Waals surface area contributed by atoms with Crippen LogP contribution in [0.2, 0.25) is 0 Å². The zero-order valence-corrected chi connectivity index (χ0v) is 12.8. The summed E-state index contributed by atoms with van der Waals surface area (Å²) in [6, 6.07) is 5.35. The Kier molecular flexibility index (Phi) is 5.47. The third-order valence-corrected chi connectivity index (χ3v) is 2.43. The van der Waals surface area contributed by atoms with Crippen LogP contribution in [0.4, 0.5) is 5.69 Å². The first-order chi connectivity index (χ1) is 9.67. The molecule has 0 aromatic heterocycles. The predicted molar refractivity (Wildman–Crippen MR) is 85.4 cm³/mol. The number of nitrogen functional groups attached to an aromatic ring is 1. The van der Waals surface area contributed by atoms with Crippen molar-refractivity contribution in [1.29, 1.82) is 0 Å². The summed E-state index contributed by atoms with van der Waals surface area (Å²) in [6.07, 6.45) is 6.13. The molecule has 0 saturated heterocycles. The van der Waals surface area contributed by atoms with E-state index in [4.69, 9.17) is 10.5 Å². The summed E-state index contributed by atoms with van der Waals surface area (Å²) < 4.78 is 5.17. The zero-order valence-electron chi connectivity index (χ0n) is 12.8. The van der Waals surface area contributed by atoms with E-state index < -0.39 is 11.6 Å². The van der Waals surface area contributed by atoms with Gasteiger partial charge in [0.25, 0.3) is 0 Å². The predicted octanol–water partition coefficient (Wildman–Crippen LogP) is 3.23. The minimum atomic E-state index is -0.512. The fourth-order valence-corrected chi connectivity index (χ4v) is 1.56. The molecular formula is C17H21NO3. The van der Waals surface area contributed by atoms with Gasteiger partial charge in [0.1, 0.15) is 5.60 Å². The lowest BCUT2D eigenvalue weighted by Crippen LogP contribution is -2.22. The first-order valence-corrected chi connectivity index (χ1v) is 6.66. The summed E-state index contributed by atoms with van der Waals surface area (Å²) in [6.45, 7) is 6.91. The Balaban J connectivity index is 2.80. The van der Waals surface area contributed by atoms with E-state index in [9.17, 15) is 9.59 Å². The second-order valence-corrected chi connectivity index (χ2v) is 5.70. The number of carbonyl (C=O) groups is 2. The van der Waals surface area contributed by atoms with Crippen molar-refractivity contribution in [2.45, 2.75) is 33.3 Å². The summed E-state index contributed by atoms with van der Waals surface area (Å²) >= 11 is 0. The number of benzene rings is 1. The summed E-state index contributed by atoms with van der Waals surface area (Å²) in [5.41, 5.74) is 7.49. The number of rotatable bonds is 4. The SMILES string of the molecule is CC(=O)/C=C/c1ccc(/C=C/C(=O)OC(C)(C)C)cc1N. The second kappa shape index (κ2) is 6.88. The molecule has 1 aromatic rings. The van der Waals surface area contributed by atoms with Gasteiger partial charge in [-0.3, -0.25) is 4.79 Å². The molecule has 0 aliphatic carbocycles. The van der Waals surface area contributed by atoms with Gasteiger partial charge in [-0.15, -0.1) is 0 Å². The maximum Gasteiger partial charge on any atom is 0.331 e. The molecule has 0 radical (unpaired) electrons. The highest BCUT2D eigenvalue weighted by atomic mass is 16.6. The highest BCUT2D eigenvalue weighted by Crippen LogP contribution is 2.17. The number of allylic oxidation sites excluding steroid dienone is 1. The van der Waals surface area contributed by atoms with E-state index in [1.165, 1.54) is 19.1 Å². The molecule has 0 amide bonds. The van der Waals surface area contributed by atoms with Crippen LogP contribution in [-0.2, 0) is 14.3 Å². The van der Waals surface area contributed by atoms with E-state index in [-0.39, 0.29) is 5.78 Å². The van der Waals surface area contributed by atoms with E-state index >= 15 is 0 Å². The molecule has 0 unspecified atom stereocenters. The second-order valence-electron chi connectivity index (χ2n) is 5.70. The Bertz CT molecular complexity index is 593. The van der Waals surface area contributed by atoms with Gasteiger partial charge in [-0.2, -0.15) is 0 Å². The topological polar surface area (TPSA) is 69.4 Å². The molecule has 21 heavy (non-hydrogen) atoms. The van der Waals surface area contributed by atoms with E-state index in [0.29, 0.717) is 5.69 Å². The molecule has 4 heteroatoms. The summed E-state index contributed by atoms with van der Waals surface area (Å²) in [5, 5.41) is 0. The standard InChI is InChI=1S/C17H21NO3/c1-12(19)5-8-14-9-6-13(11-15(14)18)7-10-16(20)21-17(2,3)4/h5-11H,18H2,1-4H3/b8-5+,10-7+. The van der Waals surface area contributed by atoms with Crippen molar-refractivity contribution in [2.24, 2.45) is 0 Å². The number of esters is 1. The van der Waals surface area contributed by atoms with Crippen molar-refractivity contribution in [2.75, 3.05) is 5.73 Å². The van der Waals surface area contributed by atoms with E-state index in [0.717, 1.165) is 11.1 Å². The van der Waals surface area contributed by atoms with Gasteiger partial charge in [0.15, 0.2) is 5.78 Å². The molecule has 2 N–H and O–H groups in total. The molecule has 0 aliphatic rings. The van der Waals surface area contributed by atoms with Gasteiger partial charge >= 0.3 is 5.97 Å². The van der Waals surface area contributed by atoms with Crippen molar-refractivity contribution in [3.05, 3.63) is 41.5 Å². The van der Waals surface area contributed by atoms with Crippen LogP contribution >= 0.6 is 0 Å². The van der Waals surface area contributed by atoms with Crippen molar-refractivity contribution >= 4 is 29.6 Å². The van der Waals surface area contributed by atoms with Crippen LogP contribution < -0.4 is 5.73 Å². The van der Waals surface area contributed by atoms with Crippen molar-refractivity contribution < 1.29 is 14.3 Å². The van der Waals surface area contributed by atoms with Crippen LogP contribution in [0.3, 0.4) is 0 Å². The first kappa shape index (κ1) is 16.7.